The van der Waals surface area contributed by atoms with E-state index < -0.39 is 0 Å². The molecular formula is C10H10BrIO. The van der Waals surface area contributed by atoms with Crippen LogP contribution in [0.3, 0.4) is 0 Å². The number of ether oxygens (including phenoxy) is 1. The van der Waals surface area contributed by atoms with E-state index in [0.29, 0.717) is 10.9 Å². The molecule has 13 heavy (non-hydrogen) atoms. The van der Waals surface area contributed by atoms with E-state index in [9.17, 15) is 0 Å². The van der Waals surface area contributed by atoms with E-state index in [1.54, 1.807) is 0 Å². The number of alkyl halides is 1. The molecule has 0 aromatic heterocycles. The minimum atomic E-state index is 0.421. The maximum atomic E-state index is 5.74. The Labute approximate surface area is 100 Å². The SMILES string of the molecule is BrC1CC(Oc2ccc(I)cc2)C1. The highest BCUT2D eigenvalue weighted by Gasteiger charge is 2.28. The van der Waals surface area contributed by atoms with Crippen LogP contribution in [-0.4, -0.2) is 10.9 Å². The van der Waals surface area contributed by atoms with Gasteiger partial charge in [-0.15, -0.1) is 0 Å². The molecule has 1 saturated carbocycles. The zero-order chi connectivity index (χ0) is 9.26. The van der Waals surface area contributed by atoms with Crippen LogP contribution >= 0.6 is 38.5 Å². The van der Waals surface area contributed by atoms with Crippen LogP contribution in [0, 0.1) is 3.57 Å². The van der Waals surface area contributed by atoms with Gasteiger partial charge < -0.3 is 4.74 Å². The van der Waals surface area contributed by atoms with Crippen molar-refractivity contribution in [1.82, 2.24) is 0 Å². The molecule has 0 saturated heterocycles. The average molecular weight is 353 g/mol. The lowest BCUT2D eigenvalue weighted by atomic mass is 9.96. The van der Waals surface area contributed by atoms with Crippen LogP contribution in [0.25, 0.3) is 0 Å². The number of hydrogen-bond acceptors (Lipinski definition) is 1. The fraction of sp³-hybridized carbons (Fsp3) is 0.400. The van der Waals surface area contributed by atoms with Crippen LogP contribution < -0.4 is 4.74 Å². The summed E-state index contributed by atoms with van der Waals surface area (Å²) in [4.78, 5) is 0.668. The molecule has 0 N–H and O–H groups in total. The van der Waals surface area contributed by atoms with Gasteiger partial charge in [0.15, 0.2) is 0 Å². The molecule has 0 bridgehead atoms. The number of halogens is 2. The van der Waals surface area contributed by atoms with Gasteiger partial charge in [-0.2, -0.15) is 0 Å². The van der Waals surface area contributed by atoms with Crippen LogP contribution in [0.1, 0.15) is 12.8 Å². The Morgan fingerprint density at radius 2 is 1.85 bits per heavy atom. The minimum absolute atomic E-state index is 0.421. The van der Waals surface area contributed by atoms with Gasteiger partial charge in [0.05, 0.1) is 0 Å². The molecule has 1 aliphatic rings. The van der Waals surface area contributed by atoms with Crippen molar-refractivity contribution in [3.05, 3.63) is 27.8 Å². The first-order valence-corrected chi connectivity index (χ1v) is 6.30. The van der Waals surface area contributed by atoms with E-state index in [2.05, 4.69) is 50.7 Å². The maximum absolute atomic E-state index is 5.74. The smallest absolute Gasteiger partial charge is 0.119 e. The van der Waals surface area contributed by atoms with Crippen molar-refractivity contribution in [2.24, 2.45) is 0 Å². The molecular weight excluding hydrogens is 343 g/mol. The van der Waals surface area contributed by atoms with E-state index in [1.807, 2.05) is 12.1 Å². The van der Waals surface area contributed by atoms with E-state index in [1.165, 1.54) is 3.57 Å². The number of rotatable bonds is 2. The summed E-state index contributed by atoms with van der Waals surface area (Å²) in [5.74, 6) is 0.991. The lowest BCUT2D eigenvalue weighted by Gasteiger charge is -2.31. The molecule has 70 valence electrons. The second-order valence-corrected chi connectivity index (χ2v) is 5.80. The first kappa shape index (κ1) is 9.77. The van der Waals surface area contributed by atoms with Gasteiger partial charge in [0.25, 0.3) is 0 Å². The van der Waals surface area contributed by atoms with Gasteiger partial charge in [0.2, 0.25) is 0 Å². The third-order valence-corrected chi connectivity index (χ3v) is 3.62. The Balaban J connectivity index is 1.91. The summed E-state index contributed by atoms with van der Waals surface area (Å²) in [5, 5.41) is 0. The van der Waals surface area contributed by atoms with Crippen LogP contribution in [0.15, 0.2) is 24.3 Å². The standard InChI is InChI=1S/C10H10BrIO/c11-7-5-10(6-7)13-9-3-1-8(12)2-4-9/h1-4,7,10H,5-6H2. The van der Waals surface area contributed by atoms with Gasteiger partial charge in [0, 0.05) is 8.40 Å². The number of hydrogen-bond donors (Lipinski definition) is 0. The predicted octanol–water partition coefficient (Wildman–Crippen LogP) is 3.60. The van der Waals surface area contributed by atoms with Gasteiger partial charge in [-0.3, -0.25) is 0 Å². The van der Waals surface area contributed by atoms with Crippen molar-refractivity contribution in [2.45, 2.75) is 23.8 Å². The van der Waals surface area contributed by atoms with Crippen molar-refractivity contribution < 1.29 is 4.74 Å². The lowest BCUT2D eigenvalue weighted by molar-refractivity contribution is 0.128. The zero-order valence-corrected chi connectivity index (χ0v) is 10.8. The minimum Gasteiger partial charge on any atom is -0.490 e. The normalized spacial score (nSPS) is 26.6. The van der Waals surface area contributed by atoms with Gasteiger partial charge in [-0.05, 0) is 59.7 Å². The highest BCUT2D eigenvalue weighted by Crippen LogP contribution is 2.31. The Morgan fingerprint density at radius 1 is 1.23 bits per heavy atom. The summed E-state index contributed by atoms with van der Waals surface area (Å²) < 4.78 is 6.99. The quantitative estimate of drug-likeness (QED) is 0.583. The molecule has 0 spiro atoms. The summed E-state index contributed by atoms with van der Waals surface area (Å²) in [5.41, 5.74) is 0. The van der Waals surface area contributed by atoms with E-state index in [-0.39, 0.29) is 0 Å². The maximum Gasteiger partial charge on any atom is 0.119 e. The molecule has 1 aromatic carbocycles. The van der Waals surface area contributed by atoms with Crippen LogP contribution in [-0.2, 0) is 0 Å². The molecule has 1 fully saturated rings. The van der Waals surface area contributed by atoms with Crippen LogP contribution in [0.2, 0.25) is 0 Å². The summed E-state index contributed by atoms with van der Waals surface area (Å²) in [7, 11) is 0. The largest absolute Gasteiger partial charge is 0.490 e. The summed E-state index contributed by atoms with van der Waals surface area (Å²) in [6.07, 6.45) is 2.68. The number of benzene rings is 1. The van der Waals surface area contributed by atoms with Crippen molar-refractivity contribution in [1.29, 1.82) is 0 Å². The third kappa shape index (κ3) is 2.59. The van der Waals surface area contributed by atoms with E-state index >= 15 is 0 Å². The highest BCUT2D eigenvalue weighted by molar-refractivity contribution is 14.1. The van der Waals surface area contributed by atoms with Gasteiger partial charge >= 0.3 is 0 Å². The second kappa shape index (κ2) is 4.17. The summed E-state index contributed by atoms with van der Waals surface area (Å²) >= 11 is 5.84. The van der Waals surface area contributed by atoms with E-state index in [0.717, 1.165) is 18.6 Å². The Bertz CT molecular complexity index is 279. The third-order valence-electron chi connectivity index (χ3n) is 2.15. The average Bonchev–Trinajstić information content (AvgIpc) is 2.06. The first-order valence-electron chi connectivity index (χ1n) is 4.30. The van der Waals surface area contributed by atoms with Gasteiger partial charge in [-0.25, -0.2) is 0 Å². The van der Waals surface area contributed by atoms with Crippen molar-refractivity contribution in [3.63, 3.8) is 0 Å². The zero-order valence-electron chi connectivity index (χ0n) is 7.04. The molecule has 1 aromatic rings. The molecule has 1 aliphatic carbocycles. The molecule has 2 rings (SSSR count). The van der Waals surface area contributed by atoms with Crippen molar-refractivity contribution >= 4 is 38.5 Å². The summed E-state index contributed by atoms with van der Waals surface area (Å²) in [6, 6.07) is 8.20. The first-order chi connectivity index (χ1) is 6.24. The van der Waals surface area contributed by atoms with Gasteiger partial charge in [0.1, 0.15) is 11.9 Å². The fourth-order valence-electron chi connectivity index (χ4n) is 1.30. The fourth-order valence-corrected chi connectivity index (χ4v) is 2.50. The molecule has 0 aliphatic heterocycles. The molecule has 0 unspecified atom stereocenters. The molecule has 0 atom stereocenters. The van der Waals surface area contributed by atoms with Gasteiger partial charge in [-0.1, -0.05) is 15.9 Å². The molecule has 3 heteroatoms. The lowest BCUT2D eigenvalue weighted by Crippen LogP contribution is -2.33. The molecule has 0 radical (unpaired) electrons. The Kier molecular flexibility index (Phi) is 3.14. The van der Waals surface area contributed by atoms with Crippen LogP contribution in [0.5, 0.6) is 5.75 Å². The summed E-state index contributed by atoms with van der Waals surface area (Å²) in [6.45, 7) is 0. The topological polar surface area (TPSA) is 9.23 Å². The molecule has 0 heterocycles. The second-order valence-electron chi connectivity index (χ2n) is 3.26. The van der Waals surface area contributed by atoms with E-state index in [4.69, 9.17) is 4.74 Å². The van der Waals surface area contributed by atoms with Crippen LogP contribution in [0.4, 0.5) is 0 Å². The molecule has 0 amide bonds. The monoisotopic (exact) mass is 352 g/mol. The Morgan fingerprint density at radius 3 is 2.38 bits per heavy atom. The van der Waals surface area contributed by atoms with Crippen molar-refractivity contribution in [3.8, 4) is 5.75 Å². The predicted molar refractivity (Wildman–Crippen MR) is 65.5 cm³/mol. The highest BCUT2D eigenvalue weighted by atomic mass is 127. The Hall–Kier alpha value is 0.230. The molecule has 1 nitrogen and oxygen atoms in total. The van der Waals surface area contributed by atoms with Crippen molar-refractivity contribution in [2.75, 3.05) is 0 Å².